The van der Waals surface area contributed by atoms with Crippen molar-refractivity contribution in [1.82, 2.24) is 14.3 Å². The molecule has 1 unspecified atom stereocenters. The van der Waals surface area contributed by atoms with Crippen LogP contribution < -0.4 is 10.6 Å². The summed E-state index contributed by atoms with van der Waals surface area (Å²) in [4.78, 5) is 20.6. The molecule has 2 heterocycles. The molecule has 2 N–H and O–H groups in total. The lowest BCUT2D eigenvalue weighted by atomic mass is 10.2. The van der Waals surface area contributed by atoms with Crippen LogP contribution in [0.2, 0.25) is 0 Å². The van der Waals surface area contributed by atoms with Gasteiger partial charge in [-0.2, -0.15) is 4.37 Å². The van der Waals surface area contributed by atoms with Crippen molar-refractivity contribution >= 4 is 22.6 Å². The van der Waals surface area contributed by atoms with Crippen molar-refractivity contribution in [1.29, 1.82) is 0 Å². The second kappa shape index (κ2) is 6.96. The molecule has 1 aliphatic heterocycles. The predicted octanol–water partition coefficient (Wildman–Crippen LogP) is -0.141. The summed E-state index contributed by atoms with van der Waals surface area (Å²) in [7, 11) is 1.55. The van der Waals surface area contributed by atoms with Gasteiger partial charge in [0.25, 0.3) is 0 Å². The molecule has 0 spiro atoms. The van der Waals surface area contributed by atoms with Gasteiger partial charge >= 0.3 is 0 Å². The number of amides is 1. The minimum Gasteiger partial charge on any atom is -0.383 e. The van der Waals surface area contributed by atoms with E-state index in [4.69, 9.17) is 10.5 Å². The predicted molar refractivity (Wildman–Crippen MR) is 77.9 cm³/mol. The standard InChI is InChI=1S/C12H21N5O2S/c1-9-14-12(20-15-9)17-5-3-4-16(6-7-17)11(18)10(13)8-19-2/h10H,3-8,13H2,1-2H3. The third kappa shape index (κ3) is 3.65. The number of aromatic nitrogens is 2. The van der Waals surface area contributed by atoms with Crippen molar-refractivity contribution in [3.05, 3.63) is 5.82 Å². The Labute approximate surface area is 122 Å². The van der Waals surface area contributed by atoms with Gasteiger partial charge in [0.05, 0.1) is 6.61 Å². The van der Waals surface area contributed by atoms with Gasteiger partial charge < -0.3 is 20.3 Å². The van der Waals surface area contributed by atoms with E-state index in [0.29, 0.717) is 6.54 Å². The normalized spacial score (nSPS) is 17.9. The number of aryl methyl sites for hydroxylation is 1. The molecule has 112 valence electrons. The van der Waals surface area contributed by atoms with Gasteiger partial charge in [-0.15, -0.1) is 0 Å². The van der Waals surface area contributed by atoms with E-state index in [9.17, 15) is 4.79 Å². The highest BCUT2D eigenvalue weighted by molar-refractivity contribution is 7.09. The summed E-state index contributed by atoms with van der Waals surface area (Å²) in [5.41, 5.74) is 5.81. The first-order valence-electron chi connectivity index (χ1n) is 6.70. The van der Waals surface area contributed by atoms with Crippen LogP contribution in [0.3, 0.4) is 0 Å². The maximum Gasteiger partial charge on any atom is 0.241 e. The molecule has 8 heteroatoms. The minimum atomic E-state index is -0.574. The van der Waals surface area contributed by atoms with Gasteiger partial charge in [0.1, 0.15) is 11.9 Å². The molecule has 7 nitrogen and oxygen atoms in total. The maximum absolute atomic E-state index is 12.2. The molecule has 0 radical (unpaired) electrons. The molecule has 1 amide bonds. The lowest BCUT2D eigenvalue weighted by Gasteiger charge is -2.24. The number of hydrogen-bond acceptors (Lipinski definition) is 7. The molecule has 1 aromatic heterocycles. The second-order valence-electron chi connectivity index (χ2n) is 4.85. The third-order valence-electron chi connectivity index (χ3n) is 3.26. The van der Waals surface area contributed by atoms with Crippen molar-refractivity contribution in [3.63, 3.8) is 0 Å². The maximum atomic E-state index is 12.2. The van der Waals surface area contributed by atoms with E-state index in [1.54, 1.807) is 7.11 Å². The Morgan fingerprint density at radius 2 is 2.25 bits per heavy atom. The molecule has 0 aromatic carbocycles. The summed E-state index contributed by atoms with van der Waals surface area (Å²) in [5.74, 6) is 0.756. The van der Waals surface area contributed by atoms with E-state index in [-0.39, 0.29) is 12.5 Å². The lowest BCUT2D eigenvalue weighted by Crippen LogP contribution is -2.47. The van der Waals surface area contributed by atoms with Crippen LogP contribution in [0.15, 0.2) is 0 Å². The topological polar surface area (TPSA) is 84.6 Å². The molecule has 1 saturated heterocycles. The molecule has 0 bridgehead atoms. The lowest BCUT2D eigenvalue weighted by molar-refractivity contribution is -0.133. The third-order valence-corrected chi connectivity index (χ3v) is 4.13. The molecule has 1 aromatic rings. The number of nitrogens with zero attached hydrogens (tertiary/aromatic N) is 4. The smallest absolute Gasteiger partial charge is 0.241 e. The largest absolute Gasteiger partial charge is 0.383 e. The first kappa shape index (κ1) is 15.1. The molecular formula is C12H21N5O2S. The Morgan fingerprint density at radius 3 is 2.90 bits per heavy atom. The number of anilines is 1. The van der Waals surface area contributed by atoms with E-state index in [2.05, 4.69) is 14.3 Å². The van der Waals surface area contributed by atoms with Crippen molar-refractivity contribution in [2.75, 3.05) is 44.8 Å². The number of methoxy groups -OCH3 is 1. The van der Waals surface area contributed by atoms with E-state index in [1.165, 1.54) is 11.5 Å². The fraction of sp³-hybridized carbons (Fsp3) is 0.750. The fourth-order valence-corrected chi connectivity index (χ4v) is 2.95. The molecule has 2 rings (SSSR count). The van der Waals surface area contributed by atoms with E-state index in [0.717, 1.165) is 37.0 Å². The average Bonchev–Trinajstić information content (AvgIpc) is 2.72. The summed E-state index contributed by atoms with van der Waals surface area (Å²) in [6, 6.07) is -0.574. The highest BCUT2D eigenvalue weighted by Crippen LogP contribution is 2.18. The Bertz CT molecular complexity index is 453. The van der Waals surface area contributed by atoms with Crippen molar-refractivity contribution in [2.24, 2.45) is 5.73 Å². The van der Waals surface area contributed by atoms with Gasteiger partial charge in [0.2, 0.25) is 11.0 Å². The number of nitrogens with two attached hydrogens (primary N) is 1. The van der Waals surface area contributed by atoms with E-state index in [1.807, 2.05) is 11.8 Å². The average molecular weight is 299 g/mol. The highest BCUT2D eigenvalue weighted by atomic mass is 32.1. The van der Waals surface area contributed by atoms with E-state index >= 15 is 0 Å². The summed E-state index contributed by atoms with van der Waals surface area (Å²) in [5, 5.41) is 0.929. The monoisotopic (exact) mass is 299 g/mol. The van der Waals surface area contributed by atoms with Crippen LogP contribution in [-0.2, 0) is 9.53 Å². The summed E-state index contributed by atoms with van der Waals surface area (Å²) >= 11 is 1.41. The summed E-state index contributed by atoms with van der Waals surface area (Å²) in [6.07, 6.45) is 0.907. The quantitative estimate of drug-likeness (QED) is 0.833. The van der Waals surface area contributed by atoms with Crippen molar-refractivity contribution in [2.45, 2.75) is 19.4 Å². The molecule has 1 fully saturated rings. The number of ether oxygens (including phenoxy) is 1. The van der Waals surface area contributed by atoms with Crippen LogP contribution in [0.4, 0.5) is 5.13 Å². The van der Waals surface area contributed by atoms with Crippen LogP contribution in [0.5, 0.6) is 0 Å². The highest BCUT2D eigenvalue weighted by Gasteiger charge is 2.24. The first-order chi connectivity index (χ1) is 9.61. The van der Waals surface area contributed by atoms with Gasteiger partial charge in [-0.25, -0.2) is 4.98 Å². The van der Waals surface area contributed by atoms with Gasteiger partial charge in [0.15, 0.2) is 0 Å². The van der Waals surface area contributed by atoms with Crippen LogP contribution in [0.25, 0.3) is 0 Å². The SMILES string of the molecule is COCC(N)C(=O)N1CCCN(c2nc(C)ns2)CC1. The van der Waals surface area contributed by atoms with Crippen LogP contribution in [-0.4, -0.2) is 66.1 Å². The molecule has 20 heavy (non-hydrogen) atoms. The zero-order valence-electron chi connectivity index (χ0n) is 11.9. The first-order valence-corrected chi connectivity index (χ1v) is 7.47. The van der Waals surface area contributed by atoms with Crippen LogP contribution in [0.1, 0.15) is 12.2 Å². The molecule has 0 aliphatic carbocycles. The summed E-state index contributed by atoms with van der Waals surface area (Å²) in [6.45, 7) is 5.18. The van der Waals surface area contributed by atoms with Gasteiger partial charge in [-0.05, 0) is 13.3 Å². The van der Waals surface area contributed by atoms with Crippen LogP contribution in [0, 0.1) is 6.92 Å². The zero-order chi connectivity index (χ0) is 14.5. The number of carbonyl (C=O) groups is 1. The number of rotatable bonds is 4. The number of carbonyl (C=O) groups excluding carboxylic acids is 1. The van der Waals surface area contributed by atoms with Crippen molar-refractivity contribution in [3.8, 4) is 0 Å². The summed E-state index contributed by atoms with van der Waals surface area (Å²) < 4.78 is 9.14. The molecular weight excluding hydrogens is 278 g/mol. The molecule has 0 saturated carbocycles. The van der Waals surface area contributed by atoms with Gasteiger partial charge in [0, 0.05) is 44.8 Å². The fourth-order valence-electron chi connectivity index (χ4n) is 2.23. The zero-order valence-corrected chi connectivity index (χ0v) is 12.7. The van der Waals surface area contributed by atoms with Crippen LogP contribution >= 0.6 is 11.5 Å². The van der Waals surface area contributed by atoms with Crippen molar-refractivity contribution < 1.29 is 9.53 Å². The minimum absolute atomic E-state index is 0.0397. The molecule has 1 atom stereocenters. The Hall–Kier alpha value is -1.25. The second-order valence-corrected chi connectivity index (χ2v) is 5.58. The molecule has 1 aliphatic rings. The Kier molecular flexibility index (Phi) is 5.27. The Morgan fingerprint density at radius 1 is 1.45 bits per heavy atom. The Balaban J connectivity index is 1.93. The van der Waals surface area contributed by atoms with E-state index < -0.39 is 6.04 Å². The van der Waals surface area contributed by atoms with Gasteiger partial charge in [-0.3, -0.25) is 4.79 Å². The van der Waals surface area contributed by atoms with Gasteiger partial charge in [-0.1, -0.05) is 0 Å². The number of hydrogen-bond donors (Lipinski definition) is 1.